The summed E-state index contributed by atoms with van der Waals surface area (Å²) in [6.07, 6.45) is 0. The van der Waals surface area contributed by atoms with Crippen LogP contribution in [0.3, 0.4) is 0 Å². The maximum Gasteiger partial charge on any atom is 0.393 e. The Hall–Kier alpha value is -0.0701. The molecule has 0 aromatic rings. The largest absolute Gasteiger partial charge is 0.393 e. The Morgan fingerprint density at radius 1 is 0.438 bits per heavy atom. The zero-order valence-corrected chi connectivity index (χ0v) is 12.4. The summed E-state index contributed by atoms with van der Waals surface area (Å²) >= 11 is 0. The Bertz CT molecular complexity index is 162. The highest BCUT2D eigenvalue weighted by Gasteiger charge is 2.37. The first-order valence-corrected chi connectivity index (χ1v) is 5.57. The first-order chi connectivity index (χ1) is 7.20. The highest BCUT2D eigenvalue weighted by Crippen LogP contribution is 2.05. The maximum atomic E-state index is 2.33. The van der Waals surface area contributed by atoms with E-state index in [-0.39, 0.29) is 14.2 Å². The summed E-state index contributed by atoms with van der Waals surface area (Å²) < 4.78 is 2.33. The van der Waals surface area contributed by atoms with Crippen LogP contribution < -0.4 is 0 Å². The standard InChI is InChI=1S/C9H27B2N5/c1-12(2)10(13(3)4)16(9)11(14(5)6)15(7)8/h1-9H3. The lowest BCUT2D eigenvalue weighted by Gasteiger charge is -2.41. The van der Waals surface area contributed by atoms with E-state index in [2.05, 4.69) is 87.4 Å². The molecule has 0 bridgehead atoms. The van der Waals surface area contributed by atoms with Gasteiger partial charge in [-0.25, -0.2) is 0 Å². The fourth-order valence-corrected chi connectivity index (χ4v) is 2.50. The van der Waals surface area contributed by atoms with Gasteiger partial charge in [-0.1, -0.05) is 0 Å². The van der Waals surface area contributed by atoms with Gasteiger partial charge in [-0.3, -0.25) is 0 Å². The quantitative estimate of drug-likeness (QED) is 0.547. The summed E-state index contributed by atoms with van der Waals surface area (Å²) in [7, 11) is 19.5. The van der Waals surface area contributed by atoms with Crippen molar-refractivity contribution in [1.29, 1.82) is 0 Å². The highest BCUT2D eigenvalue weighted by atomic mass is 15.4. The van der Waals surface area contributed by atoms with Crippen LogP contribution in [-0.2, 0) is 0 Å². The smallest absolute Gasteiger partial charge is 0.329 e. The van der Waals surface area contributed by atoms with E-state index in [1.54, 1.807) is 0 Å². The number of rotatable bonds is 6. The molecule has 0 saturated heterocycles. The molecule has 5 nitrogen and oxygen atoms in total. The van der Waals surface area contributed by atoms with Crippen LogP contribution in [0.4, 0.5) is 0 Å². The molecule has 0 atom stereocenters. The van der Waals surface area contributed by atoms with Gasteiger partial charge in [0.2, 0.25) is 0 Å². The minimum Gasteiger partial charge on any atom is -0.329 e. The molecule has 0 aromatic carbocycles. The van der Waals surface area contributed by atoms with Gasteiger partial charge in [-0.2, -0.15) is 0 Å². The molecule has 0 aliphatic carbocycles. The van der Waals surface area contributed by atoms with Crippen molar-refractivity contribution in [3.63, 3.8) is 0 Å². The molecule has 94 valence electrons. The Labute approximate surface area is 102 Å². The second-order valence-electron chi connectivity index (χ2n) is 5.21. The lowest BCUT2D eigenvalue weighted by atomic mass is 9.71. The first kappa shape index (κ1) is 15.9. The lowest BCUT2D eigenvalue weighted by Crippen LogP contribution is -2.68. The molecule has 0 saturated carbocycles. The molecule has 0 spiro atoms. The minimum absolute atomic E-state index is 0.273. The molecular formula is C9H27B2N5. The molecule has 7 heteroatoms. The van der Waals surface area contributed by atoms with Crippen molar-refractivity contribution in [3.8, 4) is 0 Å². The number of hydrogen-bond donors (Lipinski definition) is 0. The van der Waals surface area contributed by atoms with Crippen LogP contribution in [0.1, 0.15) is 0 Å². The zero-order chi connectivity index (χ0) is 13.0. The normalized spacial score (nSPS) is 12.4. The van der Waals surface area contributed by atoms with Crippen molar-refractivity contribution >= 4 is 14.2 Å². The Morgan fingerprint density at radius 3 is 0.750 bits per heavy atom. The third kappa shape index (κ3) is 4.07. The molecule has 0 aliphatic rings. The van der Waals surface area contributed by atoms with E-state index >= 15 is 0 Å². The average Bonchev–Trinajstić information content (AvgIpc) is 1.99. The number of hydrogen-bond acceptors (Lipinski definition) is 5. The fraction of sp³-hybridized carbons (Fsp3) is 1.00. The average molecular weight is 227 g/mol. The first-order valence-electron chi connectivity index (χ1n) is 5.57. The van der Waals surface area contributed by atoms with Crippen LogP contribution in [0.5, 0.6) is 0 Å². The summed E-state index contributed by atoms with van der Waals surface area (Å²) in [6, 6.07) is 0. The second-order valence-corrected chi connectivity index (χ2v) is 5.21. The molecule has 0 fully saturated rings. The van der Waals surface area contributed by atoms with E-state index in [0.29, 0.717) is 0 Å². The maximum absolute atomic E-state index is 2.33. The Kier molecular flexibility index (Phi) is 6.58. The zero-order valence-electron chi connectivity index (χ0n) is 12.4. The second kappa shape index (κ2) is 6.61. The van der Waals surface area contributed by atoms with Gasteiger partial charge in [-0.15, -0.1) is 0 Å². The van der Waals surface area contributed by atoms with Gasteiger partial charge in [0.05, 0.1) is 0 Å². The van der Waals surface area contributed by atoms with Crippen LogP contribution in [0.25, 0.3) is 0 Å². The summed E-state index contributed by atoms with van der Waals surface area (Å²) in [5.74, 6) is 0. The third-order valence-electron chi connectivity index (χ3n) is 2.58. The molecule has 0 aliphatic heterocycles. The monoisotopic (exact) mass is 227 g/mol. The van der Waals surface area contributed by atoms with Crippen LogP contribution in [0.15, 0.2) is 0 Å². The highest BCUT2D eigenvalue weighted by molar-refractivity contribution is 6.66. The van der Waals surface area contributed by atoms with E-state index in [9.17, 15) is 0 Å². The van der Waals surface area contributed by atoms with Crippen LogP contribution in [0.2, 0.25) is 0 Å². The predicted octanol–water partition coefficient (Wildman–Crippen LogP) is -0.866. The molecule has 0 unspecified atom stereocenters. The third-order valence-corrected chi connectivity index (χ3v) is 2.58. The predicted molar refractivity (Wildman–Crippen MR) is 74.0 cm³/mol. The van der Waals surface area contributed by atoms with Crippen LogP contribution in [0, 0.1) is 0 Å². The van der Waals surface area contributed by atoms with Gasteiger partial charge in [0.15, 0.2) is 0 Å². The molecule has 0 heterocycles. The van der Waals surface area contributed by atoms with Crippen molar-refractivity contribution in [2.75, 3.05) is 63.4 Å². The van der Waals surface area contributed by atoms with Gasteiger partial charge in [0, 0.05) is 0 Å². The van der Waals surface area contributed by atoms with Crippen molar-refractivity contribution < 1.29 is 0 Å². The summed E-state index contributed by atoms with van der Waals surface area (Å²) in [5, 5.41) is 0. The van der Waals surface area contributed by atoms with E-state index < -0.39 is 0 Å². The SMILES string of the molecule is CN(C)B(N(C)C)N(C)B(N(C)C)N(C)C. The van der Waals surface area contributed by atoms with Gasteiger partial charge in [0.25, 0.3) is 0 Å². The lowest BCUT2D eigenvalue weighted by molar-refractivity contribution is 0.400. The van der Waals surface area contributed by atoms with Gasteiger partial charge >= 0.3 is 14.2 Å². The molecular weight excluding hydrogens is 200 g/mol. The molecule has 0 amide bonds. The summed E-state index contributed by atoms with van der Waals surface area (Å²) in [6.45, 7) is 0. The van der Waals surface area contributed by atoms with Crippen molar-refractivity contribution in [2.24, 2.45) is 0 Å². The number of nitrogens with zero attached hydrogens (tertiary/aromatic N) is 5. The van der Waals surface area contributed by atoms with Gasteiger partial charge in [-0.05, 0) is 63.4 Å². The van der Waals surface area contributed by atoms with Gasteiger partial charge < -0.3 is 24.0 Å². The molecule has 0 N–H and O–H groups in total. The topological polar surface area (TPSA) is 16.2 Å². The molecule has 0 rings (SSSR count). The fourth-order valence-electron chi connectivity index (χ4n) is 2.50. The summed E-state index contributed by atoms with van der Waals surface area (Å²) in [5.41, 5.74) is 0. The van der Waals surface area contributed by atoms with Crippen LogP contribution in [-0.4, -0.2) is 102 Å². The van der Waals surface area contributed by atoms with E-state index in [4.69, 9.17) is 0 Å². The van der Waals surface area contributed by atoms with Crippen molar-refractivity contribution in [2.45, 2.75) is 0 Å². The Balaban J connectivity index is 4.88. The minimum atomic E-state index is 0.273. The Morgan fingerprint density at radius 2 is 0.625 bits per heavy atom. The summed E-state index contributed by atoms with van der Waals surface area (Å²) in [4.78, 5) is 8.83. The van der Waals surface area contributed by atoms with Gasteiger partial charge in [0.1, 0.15) is 0 Å². The molecule has 0 aromatic heterocycles. The van der Waals surface area contributed by atoms with Crippen molar-refractivity contribution in [3.05, 3.63) is 0 Å². The molecule has 0 radical (unpaired) electrons. The van der Waals surface area contributed by atoms with Crippen molar-refractivity contribution in [1.82, 2.24) is 24.0 Å². The van der Waals surface area contributed by atoms with E-state index in [1.165, 1.54) is 0 Å². The molecule has 16 heavy (non-hydrogen) atoms. The van der Waals surface area contributed by atoms with Crippen LogP contribution >= 0.6 is 0 Å². The van der Waals surface area contributed by atoms with E-state index in [1.807, 2.05) is 0 Å². The van der Waals surface area contributed by atoms with E-state index in [0.717, 1.165) is 0 Å².